The van der Waals surface area contributed by atoms with Crippen molar-refractivity contribution in [2.45, 2.75) is 32.4 Å². The number of hydrogen-bond donors (Lipinski definition) is 1. The Kier molecular flexibility index (Phi) is 6.54. The van der Waals surface area contributed by atoms with Crippen LogP contribution in [0.25, 0.3) is 16.9 Å². The molecular weight excluding hydrogens is 420 g/mol. The van der Waals surface area contributed by atoms with Crippen LogP contribution in [0.5, 0.6) is 0 Å². The highest BCUT2D eigenvalue weighted by molar-refractivity contribution is 5.95. The zero-order valence-corrected chi connectivity index (χ0v) is 19.5. The minimum atomic E-state index is 0.0343. The van der Waals surface area contributed by atoms with Crippen molar-refractivity contribution < 1.29 is 4.79 Å². The van der Waals surface area contributed by atoms with Gasteiger partial charge in [-0.25, -0.2) is 4.68 Å². The predicted octanol–water partition coefficient (Wildman–Crippen LogP) is 5.24. The van der Waals surface area contributed by atoms with Gasteiger partial charge in [-0.05, 0) is 43.5 Å². The molecular formula is C29H30N4O. The van der Waals surface area contributed by atoms with Crippen LogP contribution in [-0.2, 0) is 6.54 Å². The number of nitrogens with zero attached hydrogens (tertiary/aromatic N) is 3. The molecule has 3 aromatic carbocycles. The summed E-state index contributed by atoms with van der Waals surface area (Å²) in [7, 11) is 0. The SMILES string of the molecule is Cc1ccccc1C(=O)NC1CCN(Cc2cn(-c3ccccc3)nc2-c2ccccc2)CC1. The molecule has 172 valence electrons. The molecule has 1 aliphatic heterocycles. The molecule has 1 aromatic heterocycles. The van der Waals surface area contributed by atoms with E-state index in [-0.39, 0.29) is 11.9 Å². The lowest BCUT2D eigenvalue weighted by atomic mass is 10.0. The molecule has 1 fully saturated rings. The summed E-state index contributed by atoms with van der Waals surface area (Å²) >= 11 is 0. The van der Waals surface area contributed by atoms with Crippen LogP contribution in [0, 0.1) is 6.92 Å². The fourth-order valence-electron chi connectivity index (χ4n) is 4.64. The third kappa shape index (κ3) is 4.95. The van der Waals surface area contributed by atoms with Crippen molar-refractivity contribution in [3.8, 4) is 16.9 Å². The highest BCUT2D eigenvalue weighted by Gasteiger charge is 2.23. The maximum absolute atomic E-state index is 12.7. The van der Waals surface area contributed by atoms with E-state index in [0.29, 0.717) is 0 Å². The number of benzene rings is 3. The summed E-state index contributed by atoms with van der Waals surface area (Å²) < 4.78 is 1.98. The predicted molar refractivity (Wildman–Crippen MR) is 136 cm³/mol. The number of aromatic nitrogens is 2. The van der Waals surface area contributed by atoms with Gasteiger partial charge in [0.1, 0.15) is 0 Å². The molecule has 1 amide bonds. The molecule has 5 heteroatoms. The smallest absolute Gasteiger partial charge is 0.251 e. The molecule has 0 aliphatic carbocycles. The number of carbonyl (C=O) groups is 1. The largest absolute Gasteiger partial charge is 0.349 e. The van der Waals surface area contributed by atoms with Crippen LogP contribution in [0.4, 0.5) is 0 Å². The Morgan fingerprint density at radius 1 is 0.912 bits per heavy atom. The van der Waals surface area contributed by atoms with Crippen molar-refractivity contribution >= 4 is 5.91 Å². The third-order valence-electron chi connectivity index (χ3n) is 6.56. The summed E-state index contributed by atoms with van der Waals surface area (Å²) in [5, 5.41) is 8.19. The highest BCUT2D eigenvalue weighted by Crippen LogP contribution is 2.26. The second-order valence-electron chi connectivity index (χ2n) is 8.99. The van der Waals surface area contributed by atoms with E-state index < -0.39 is 0 Å². The molecule has 0 saturated carbocycles. The molecule has 0 bridgehead atoms. The zero-order valence-electron chi connectivity index (χ0n) is 19.5. The first-order valence-electron chi connectivity index (χ1n) is 12.0. The van der Waals surface area contributed by atoms with E-state index in [4.69, 9.17) is 5.10 Å². The molecule has 1 N–H and O–H groups in total. The van der Waals surface area contributed by atoms with E-state index in [1.165, 1.54) is 5.56 Å². The number of nitrogens with one attached hydrogen (secondary N) is 1. The number of amides is 1. The zero-order chi connectivity index (χ0) is 23.3. The van der Waals surface area contributed by atoms with E-state index >= 15 is 0 Å². The second-order valence-corrected chi connectivity index (χ2v) is 8.99. The highest BCUT2D eigenvalue weighted by atomic mass is 16.1. The van der Waals surface area contributed by atoms with Crippen molar-refractivity contribution in [2.24, 2.45) is 0 Å². The first-order chi connectivity index (χ1) is 16.7. The number of rotatable bonds is 6. The van der Waals surface area contributed by atoms with Gasteiger partial charge in [0, 0.05) is 48.6 Å². The van der Waals surface area contributed by atoms with Crippen LogP contribution in [-0.4, -0.2) is 39.7 Å². The van der Waals surface area contributed by atoms with Gasteiger partial charge in [-0.2, -0.15) is 5.10 Å². The van der Waals surface area contributed by atoms with Crippen molar-refractivity contribution in [2.75, 3.05) is 13.1 Å². The Balaban J connectivity index is 1.27. The molecule has 5 nitrogen and oxygen atoms in total. The van der Waals surface area contributed by atoms with E-state index in [2.05, 4.69) is 52.8 Å². The molecule has 0 atom stereocenters. The van der Waals surface area contributed by atoms with Gasteiger partial charge in [-0.1, -0.05) is 66.7 Å². The first kappa shape index (κ1) is 22.1. The lowest BCUT2D eigenvalue weighted by Crippen LogP contribution is -2.44. The van der Waals surface area contributed by atoms with Gasteiger partial charge in [0.25, 0.3) is 5.91 Å². The number of aryl methyl sites for hydroxylation is 1. The lowest BCUT2D eigenvalue weighted by molar-refractivity contribution is 0.0908. The average Bonchev–Trinajstić information content (AvgIpc) is 3.30. The summed E-state index contributed by atoms with van der Waals surface area (Å²) in [5.74, 6) is 0.0343. The van der Waals surface area contributed by atoms with Gasteiger partial charge < -0.3 is 5.32 Å². The molecule has 4 aromatic rings. The number of likely N-dealkylation sites (tertiary alicyclic amines) is 1. The van der Waals surface area contributed by atoms with Crippen LogP contribution in [0.1, 0.15) is 34.3 Å². The van der Waals surface area contributed by atoms with Gasteiger partial charge >= 0.3 is 0 Å². The van der Waals surface area contributed by atoms with Crippen molar-refractivity contribution in [3.05, 3.63) is 108 Å². The van der Waals surface area contributed by atoms with Crippen LogP contribution in [0.15, 0.2) is 91.1 Å². The Morgan fingerprint density at radius 2 is 1.56 bits per heavy atom. The van der Waals surface area contributed by atoms with Crippen LogP contribution < -0.4 is 5.32 Å². The standard InChI is InChI=1S/C29H30N4O/c1-22-10-8-9-15-27(22)29(34)30-25-16-18-32(19-17-25)20-24-21-33(26-13-6-3-7-14-26)31-28(24)23-11-4-2-5-12-23/h2-15,21,25H,16-20H2,1H3,(H,30,34). The Labute approximate surface area is 201 Å². The lowest BCUT2D eigenvalue weighted by Gasteiger charge is -2.32. The summed E-state index contributed by atoms with van der Waals surface area (Å²) in [5.41, 5.74) is 6.22. The summed E-state index contributed by atoms with van der Waals surface area (Å²) in [4.78, 5) is 15.2. The normalized spacial score (nSPS) is 14.7. The fourth-order valence-corrected chi connectivity index (χ4v) is 4.64. The summed E-state index contributed by atoms with van der Waals surface area (Å²) in [6.45, 7) is 4.72. The molecule has 0 radical (unpaired) electrons. The van der Waals surface area contributed by atoms with Crippen LogP contribution in [0.2, 0.25) is 0 Å². The van der Waals surface area contributed by atoms with Gasteiger partial charge in [0.05, 0.1) is 11.4 Å². The molecule has 5 rings (SSSR count). The Bertz CT molecular complexity index is 1240. The van der Waals surface area contributed by atoms with E-state index in [9.17, 15) is 4.79 Å². The molecule has 1 aliphatic rings. The fraction of sp³-hybridized carbons (Fsp3) is 0.241. The maximum atomic E-state index is 12.7. The van der Waals surface area contributed by atoms with Gasteiger partial charge in [0.2, 0.25) is 0 Å². The second kappa shape index (κ2) is 10.1. The summed E-state index contributed by atoms with van der Waals surface area (Å²) in [6, 6.07) is 28.6. The number of hydrogen-bond acceptors (Lipinski definition) is 3. The first-order valence-corrected chi connectivity index (χ1v) is 12.0. The minimum absolute atomic E-state index is 0.0343. The van der Waals surface area contributed by atoms with Crippen molar-refractivity contribution in [1.82, 2.24) is 20.0 Å². The number of carbonyl (C=O) groups excluding carboxylic acids is 1. The quantitative estimate of drug-likeness (QED) is 0.437. The molecule has 2 heterocycles. The number of piperidine rings is 1. The van der Waals surface area contributed by atoms with Gasteiger partial charge in [-0.15, -0.1) is 0 Å². The van der Waals surface area contributed by atoms with E-state index in [1.54, 1.807) is 0 Å². The van der Waals surface area contributed by atoms with Gasteiger partial charge in [0.15, 0.2) is 0 Å². The van der Waals surface area contributed by atoms with E-state index in [1.807, 2.05) is 60.1 Å². The Hall–Kier alpha value is -3.70. The molecule has 0 unspecified atom stereocenters. The minimum Gasteiger partial charge on any atom is -0.349 e. The summed E-state index contributed by atoms with van der Waals surface area (Å²) in [6.07, 6.45) is 4.06. The molecule has 1 saturated heterocycles. The maximum Gasteiger partial charge on any atom is 0.251 e. The Morgan fingerprint density at radius 3 is 2.26 bits per heavy atom. The number of para-hydroxylation sites is 1. The van der Waals surface area contributed by atoms with Crippen molar-refractivity contribution in [1.29, 1.82) is 0 Å². The third-order valence-corrected chi connectivity index (χ3v) is 6.56. The topological polar surface area (TPSA) is 50.2 Å². The van der Waals surface area contributed by atoms with Crippen LogP contribution in [0.3, 0.4) is 0 Å². The van der Waals surface area contributed by atoms with Crippen molar-refractivity contribution in [3.63, 3.8) is 0 Å². The van der Waals surface area contributed by atoms with Crippen LogP contribution >= 0.6 is 0 Å². The monoisotopic (exact) mass is 450 g/mol. The average molecular weight is 451 g/mol. The molecule has 0 spiro atoms. The van der Waals surface area contributed by atoms with Gasteiger partial charge in [-0.3, -0.25) is 9.69 Å². The van der Waals surface area contributed by atoms with E-state index in [0.717, 1.165) is 60.5 Å². The molecule has 34 heavy (non-hydrogen) atoms.